The van der Waals surface area contributed by atoms with Gasteiger partial charge in [0.1, 0.15) is 0 Å². The summed E-state index contributed by atoms with van der Waals surface area (Å²) in [6.45, 7) is 0. The lowest BCUT2D eigenvalue weighted by Crippen LogP contribution is -2.37. The molecule has 0 aromatic carbocycles. The normalized spacial score (nSPS) is 33.1. The van der Waals surface area contributed by atoms with Crippen molar-refractivity contribution >= 4 is 11.9 Å². The molecule has 2 fully saturated rings. The highest BCUT2D eigenvalue weighted by Crippen LogP contribution is 2.42. The van der Waals surface area contributed by atoms with Crippen LogP contribution < -0.4 is 0 Å². The van der Waals surface area contributed by atoms with Crippen molar-refractivity contribution in [2.75, 3.05) is 0 Å². The molecule has 2 rings (SSSR count). The largest absolute Gasteiger partial charge is 0.481 e. The van der Waals surface area contributed by atoms with E-state index in [0.717, 1.165) is 32.1 Å². The third-order valence-electron chi connectivity index (χ3n) is 5.31. The van der Waals surface area contributed by atoms with E-state index in [-0.39, 0.29) is 5.92 Å². The molecule has 0 heterocycles. The van der Waals surface area contributed by atoms with Gasteiger partial charge in [-0.2, -0.15) is 0 Å². The number of carboxylic acid groups (broad SMARTS) is 2. The molecule has 0 saturated heterocycles. The molecule has 0 aliphatic heterocycles. The van der Waals surface area contributed by atoms with Crippen LogP contribution in [0.15, 0.2) is 0 Å². The Morgan fingerprint density at radius 2 is 1.25 bits per heavy atom. The lowest BCUT2D eigenvalue weighted by atomic mass is 9.71. The lowest BCUT2D eigenvalue weighted by molar-refractivity contribution is -0.157. The molecule has 3 atom stereocenters. The Labute approximate surface area is 120 Å². The summed E-state index contributed by atoms with van der Waals surface area (Å²) in [5.74, 6) is -2.71. The van der Waals surface area contributed by atoms with Gasteiger partial charge in [-0.15, -0.1) is 0 Å². The van der Waals surface area contributed by atoms with Gasteiger partial charge in [0.15, 0.2) is 0 Å². The van der Waals surface area contributed by atoms with Crippen molar-refractivity contribution in [1.82, 2.24) is 0 Å². The molecule has 1 unspecified atom stereocenters. The first-order valence-corrected chi connectivity index (χ1v) is 8.07. The quantitative estimate of drug-likeness (QED) is 0.776. The Morgan fingerprint density at radius 3 is 1.80 bits per heavy atom. The highest BCUT2D eigenvalue weighted by molar-refractivity contribution is 5.80. The maximum Gasteiger partial charge on any atom is 0.307 e. The molecule has 0 aromatic heterocycles. The molecule has 4 heteroatoms. The van der Waals surface area contributed by atoms with Crippen molar-refractivity contribution in [3.05, 3.63) is 0 Å². The van der Waals surface area contributed by atoms with Gasteiger partial charge in [-0.25, -0.2) is 0 Å². The summed E-state index contributed by atoms with van der Waals surface area (Å²) in [5, 5.41) is 19.0. The van der Waals surface area contributed by atoms with Gasteiger partial charge in [-0.1, -0.05) is 51.4 Å². The zero-order chi connectivity index (χ0) is 14.5. The van der Waals surface area contributed by atoms with Crippen LogP contribution >= 0.6 is 0 Å². The Balaban J connectivity index is 2.21. The van der Waals surface area contributed by atoms with E-state index in [1.165, 1.54) is 25.7 Å². The van der Waals surface area contributed by atoms with E-state index in [1.54, 1.807) is 0 Å². The standard InChI is InChI=1S/C16H26O4/c17-15(18)13-10-6-5-9-12(14(13)16(19)20)11-7-3-1-2-4-8-11/h11-14H,1-10H2,(H,17,18)(H,19,20)/t12-,13?,14+/m0/s1. The predicted molar refractivity (Wildman–Crippen MR) is 75.4 cm³/mol. The van der Waals surface area contributed by atoms with Crippen molar-refractivity contribution in [2.24, 2.45) is 23.7 Å². The number of carbonyl (C=O) groups is 2. The number of aliphatic carboxylic acids is 2. The van der Waals surface area contributed by atoms with Gasteiger partial charge in [0.05, 0.1) is 11.8 Å². The number of rotatable bonds is 3. The Kier molecular flexibility index (Phi) is 5.44. The summed E-state index contributed by atoms with van der Waals surface area (Å²) in [7, 11) is 0. The van der Waals surface area contributed by atoms with Gasteiger partial charge in [-0.05, 0) is 24.7 Å². The van der Waals surface area contributed by atoms with Crippen LogP contribution in [-0.2, 0) is 9.59 Å². The highest BCUT2D eigenvalue weighted by atomic mass is 16.4. The molecule has 0 bridgehead atoms. The van der Waals surface area contributed by atoms with E-state index in [0.29, 0.717) is 12.3 Å². The van der Waals surface area contributed by atoms with E-state index in [2.05, 4.69) is 0 Å². The summed E-state index contributed by atoms with van der Waals surface area (Å²) in [6, 6.07) is 0. The minimum absolute atomic E-state index is 0.0641. The van der Waals surface area contributed by atoms with Gasteiger partial charge in [0.2, 0.25) is 0 Å². The summed E-state index contributed by atoms with van der Waals surface area (Å²) < 4.78 is 0. The molecule has 4 nitrogen and oxygen atoms in total. The molecular weight excluding hydrogens is 256 g/mol. The lowest BCUT2D eigenvalue weighted by Gasteiger charge is -2.32. The van der Waals surface area contributed by atoms with Crippen molar-refractivity contribution in [2.45, 2.75) is 64.2 Å². The molecule has 20 heavy (non-hydrogen) atoms. The van der Waals surface area contributed by atoms with Crippen molar-refractivity contribution in [3.63, 3.8) is 0 Å². The third kappa shape index (κ3) is 3.53. The molecule has 2 aliphatic rings. The average Bonchev–Trinajstić information content (AvgIpc) is 2.78. The Morgan fingerprint density at radius 1 is 0.700 bits per heavy atom. The third-order valence-corrected chi connectivity index (χ3v) is 5.31. The molecule has 2 saturated carbocycles. The zero-order valence-electron chi connectivity index (χ0n) is 12.1. The van der Waals surface area contributed by atoms with Crippen LogP contribution in [0.1, 0.15) is 64.2 Å². The predicted octanol–water partition coefficient (Wildman–Crippen LogP) is 3.55. The van der Waals surface area contributed by atoms with E-state index in [1.807, 2.05) is 0 Å². The Hall–Kier alpha value is -1.06. The van der Waals surface area contributed by atoms with Gasteiger partial charge in [-0.3, -0.25) is 9.59 Å². The number of carboxylic acids is 2. The molecule has 0 amide bonds. The molecule has 2 aliphatic carbocycles. The second-order valence-corrected chi connectivity index (χ2v) is 6.51. The summed E-state index contributed by atoms with van der Waals surface area (Å²) in [4.78, 5) is 23.2. The maximum absolute atomic E-state index is 11.7. The van der Waals surface area contributed by atoms with Crippen LogP contribution in [0.3, 0.4) is 0 Å². The second-order valence-electron chi connectivity index (χ2n) is 6.51. The Bertz CT molecular complexity index is 344. The van der Waals surface area contributed by atoms with Crippen molar-refractivity contribution < 1.29 is 19.8 Å². The summed E-state index contributed by atoms with van der Waals surface area (Å²) in [6.07, 6.45) is 10.2. The molecular formula is C16H26O4. The minimum Gasteiger partial charge on any atom is -0.481 e. The summed E-state index contributed by atoms with van der Waals surface area (Å²) >= 11 is 0. The van der Waals surface area contributed by atoms with Crippen LogP contribution in [0.25, 0.3) is 0 Å². The monoisotopic (exact) mass is 282 g/mol. The van der Waals surface area contributed by atoms with Crippen LogP contribution in [0.4, 0.5) is 0 Å². The fraction of sp³-hybridized carbons (Fsp3) is 0.875. The van der Waals surface area contributed by atoms with Crippen LogP contribution in [0, 0.1) is 23.7 Å². The van der Waals surface area contributed by atoms with Crippen molar-refractivity contribution in [3.8, 4) is 0 Å². The SMILES string of the molecule is O=C(O)C1CCCC[C@@H](C2CCCCCC2)[C@H]1C(=O)O. The fourth-order valence-corrected chi connectivity index (χ4v) is 4.30. The van der Waals surface area contributed by atoms with E-state index >= 15 is 0 Å². The van der Waals surface area contributed by atoms with E-state index < -0.39 is 23.8 Å². The van der Waals surface area contributed by atoms with E-state index in [4.69, 9.17) is 0 Å². The van der Waals surface area contributed by atoms with Crippen LogP contribution in [-0.4, -0.2) is 22.2 Å². The van der Waals surface area contributed by atoms with Gasteiger partial charge in [0.25, 0.3) is 0 Å². The average molecular weight is 282 g/mol. The zero-order valence-corrected chi connectivity index (χ0v) is 12.1. The number of hydrogen-bond acceptors (Lipinski definition) is 2. The fourth-order valence-electron chi connectivity index (χ4n) is 4.30. The first kappa shape index (κ1) is 15.3. The first-order valence-electron chi connectivity index (χ1n) is 8.07. The number of hydrogen-bond donors (Lipinski definition) is 2. The molecule has 0 aromatic rings. The van der Waals surface area contributed by atoms with Crippen molar-refractivity contribution in [1.29, 1.82) is 0 Å². The van der Waals surface area contributed by atoms with Crippen LogP contribution in [0.5, 0.6) is 0 Å². The van der Waals surface area contributed by atoms with Gasteiger partial charge >= 0.3 is 11.9 Å². The maximum atomic E-state index is 11.7. The first-order chi connectivity index (χ1) is 9.61. The molecule has 114 valence electrons. The smallest absolute Gasteiger partial charge is 0.307 e. The second kappa shape index (κ2) is 7.09. The minimum atomic E-state index is -0.919. The topological polar surface area (TPSA) is 74.6 Å². The highest BCUT2D eigenvalue weighted by Gasteiger charge is 2.43. The van der Waals surface area contributed by atoms with Gasteiger partial charge in [0, 0.05) is 0 Å². The molecule has 0 radical (unpaired) electrons. The molecule has 0 spiro atoms. The van der Waals surface area contributed by atoms with Crippen LogP contribution in [0.2, 0.25) is 0 Å². The summed E-state index contributed by atoms with van der Waals surface area (Å²) in [5.41, 5.74) is 0. The van der Waals surface area contributed by atoms with E-state index in [9.17, 15) is 19.8 Å². The molecule has 2 N–H and O–H groups in total. The van der Waals surface area contributed by atoms with Gasteiger partial charge < -0.3 is 10.2 Å².